The van der Waals surface area contributed by atoms with Gasteiger partial charge in [0.2, 0.25) is 0 Å². The summed E-state index contributed by atoms with van der Waals surface area (Å²) >= 11 is 0. The number of nitrogens with one attached hydrogen (secondary N) is 2. The zero-order valence-corrected chi connectivity index (χ0v) is 13.5. The van der Waals surface area contributed by atoms with Gasteiger partial charge >= 0.3 is 6.03 Å². The van der Waals surface area contributed by atoms with E-state index < -0.39 is 0 Å². The van der Waals surface area contributed by atoms with E-state index in [1.807, 2.05) is 43.3 Å². The second kappa shape index (κ2) is 8.09. The summed E-state index contributed by atoms with van der Waals surface area (Å²) in [6.45, 7) is 0.464. The number of hydrogen-bond acceptors (Lipinski definition) is 5. The highest BCUT2D eigenvalue weighted by molar-refractivity contribution is 5.87. The lowest BCUT2D eigenvalue weighted by Crippen LogP contribution is -2.37. The molecular weight excluding hydrogens is 294 g/mol. The van der Waals surface area contributed by atoms with Gasteiger partial charge in [-0.2, -0.15) is 0 Å². The predicted octanol–water partition coefficient (Wildman–Crippen LogP) is 1.91. The molecule has 0 aliphatic rings. The maximum absolute atomic E-state index is 11.9. The standard InChI is InChI=1S/C16H21N5O2/c1-21(2)14(12-4-6-13(23-3)7-5-12)10-19-16(22)20-15-11-17-8-9-18-15/h4-9,11,14H,10H2,1-3H3,(H2,18,19,20,22). The third-order valence-corrected chi connectivity index (χ3v) is 3.38. The molecule has 7 heteroatoms. The SMILES string of the molecule is COc1ccc(C(CNC(=O)Nc2cnccn2)N(C)C)cc1. The van der Waals surface area contributed by atoms with E-state index in [4.69, 9.17) is 4.74 Å². The van der Waals surface area contributed by atoms with Crippen molar-refractivity contribution in [1.29, 1.82) is 0 Å². The number of likely N-dealkylation sites (N-methyl/N-ethyl adjacent to an activating group) is 1. The van der Waals surface area contributed by atoms with E-state index in [9.17, 15) is 4.79 Å². The predicted molar refractivity (Wildman–Crippen MR) is 88.5 cm³/mol. The topological polar surface area (TPSA) is 79.4 Å². The van der Waals surface area contributed by atoms with Gasteiger partial charge in [0, 0.05) is 18.9 Å². The van der Waals surface area contributed by atoms with Crippen LogP contribution in [0.2, 0.25) is 0 Å². The molecule has 0 bridgehead atoms. The fourth-order valence-electron chi connectivity index (χ4n) is 2.14. The van der Waals surface area contributed by atoms with Crippen molar-refractivity contribution < 1.29 is 9.53 Å². The normalized spacial score (nSPS) is 11.8. The monoisotopic (exact) mass is 315 g/mol. The summed E-state index contributed by atoms with van der Waals surface area (Å²) in [6, 6.07) is 7.54. The second-order valence-corrected chi connectivity index (χ2v) is 5.18. The Balaban J connectivity index is 1.95. The molecule has 1 aromatic carbocycles. The Morgan fingerprint density at radius 2 is 2.00 bits per heavy atom. The van der Waals surface area contributed by atoms with Crippen LogP contribution >= 0.6 is 0 Å². The van der Waals surface area contributed by atoms with Gasteiger partial charge in [-0.1, -0.05) is 12.1 Å². The minimum absolute atomic E-state index is 0.0495. The van der Waals surface area contributed by atoms with Gasteiger partial charge in [0.05, 0.1) is 19.3 Å². The number of urea groups is 1. The molecule has 0 aliphatic carbocycles. The van der Waals surface area contributed by atoms with Crippen LogP contribution in [-0.2, 0) is 0 Å². The van der Waals surface area contributed by atoms with Crippen LogP contribution in [0.25, 0.3) is 0 Å². The molecule has 0 aliphatic heterocycles. The van der Waals surface area contributed by atoms with Crippen LogP contribution in [0.4, 0.5) is 10.6 Å². The van der Waals surface area contributed by atoms with Crippen LogP contribution in [0.5, 0.6) is 5.75 Å². The molecule has 2 N–H and O–H groups in total. The molecule has 0 saturated heterocycles. The molecule has 23 heavy (non-hydrogen) atoms. The molecule has 0 spiro atoms. The van der Waals surface area contributed by atoms with Crippen molar-refractivity contribution in [2.24, 2.45) is 0 Å². The number of anilines is 1. The lowest BCUT2D eigenvalue weighted by atomic mass is 10.1. The quantitative estimate of drug-likeness (QED) is 0.851. The van der Waals surface area contributed by atoms with Gasteiger partial charge in [-0.25, -0.2) is 9.78 Å². The molecule has 1 heterocycles. The average Bonchev–Trinajstić information content (AvgIpc) is 2.56. The fourth-order valence-corrected chi connectivity index (χ4v) is 2.14. The minimum Gasteiger partial charge on any atom is -0.497 e. The molecule has 0 radical (unpaired) electrons. The lowest BCUT2D eigenvalue weighted by Gasteiger charge is -2.25. The van der Waals surface area contributed by atoms with Crippen molar-refractivity contribution in [2.75, 3.05) is 33.1 Å². The molecule has 1 atom stereocenters. The molecular formula is C16H21N5O2. The van der Waals surface area contributed by atoms with E-state index in [1.165, 1.54) is 12.4 Å². The van der Waals surface area contributed by atoms with E-state index >= 15 is 0 Å². The van der Waals surface area contributed by atoms with Crippen LogP contribution in [0.15, 0.2) is 42.9 Å². The highest BCUT2D eigenvalue weighted by Crippen LogP contribution is 2.20. The van der Waals surface area contributed by atoms with Crippen LogP contribution in [0.3, 0.4) is 0 Å². The second-order valence-electron chi connectivity index (χ2n) is 5.18. The number of nitrogens with zero attached hydrogens (tertiary/aromatic N) is 3. The first-order valence-electron chi connectivity index (χ1n) is 7.21. The largest absolute Gasteiger partial charge is 0.497 e. The molecule has 0 saturated carbocycles. The van der Waals surface area contributed by atoms with E-state index in [2.05, 4.69) is 20.6 Å². The van der Waals surface area contributed by atoms with E-state index in [0.717, 1.165) is 11.3 Å². The third kappa shape index (κ3) is 4.93. The summed E-state index contributed by atoms with van der Waals surface area (Å²) in [6.07, 6.45) is 4.57. The minimum atomic E-state index is -0.314. The number of carbonyl (C=O) groups is 1. The van der Waals surface area contributed by atoms with E-state index in [1.54, 1.807) is 13.3 Å². The van der Waals surface area contributed by atoms with Crippen LogP contribution in [0.1, 0.15) is 11.6 Å². The zero-order valence-electron chi connectivity index (χ0n) is 13.5. The first-order valence-corrected chi connectivity index (χ1v) is 7.21. The fraction of sp³-hybridized carbons (Fsp3) is 0.312. The maximum atomic E-state index is 11.9. The summed E-state index contributed by atoms with van der Waals surface area (Å²) in [5.41, 5.74) is 1.09. The van der Waals surface area contributed by atoms with E-state index in [0.29, 0.717) is 12.4 Å². The van der Waals surface area contributed by atoms with Gasteiger partial charge in [-0.05, 0) is 31.8 Å². The van der Waals surface area contributed by atoms with E-state index in [-0.39, 0.29) is 12.1 Å². The zero-order chi connectivity index (χ0) is 16.7. The first kappa shape index (κ1) is 16.7. The van der Waals surface area contributed by atoms with Crippen molar-refractivity contribution >= 4 is 11.8 Å². The number of aromatic nitrogens is 2. The van der Waals surface area contributed by atoms with Gasteiger partial charge in [0.25, 0.3) is 0 Å². The van der Waals surface area contributed by atoms with Gasteiger partial charge < -0.3 is 15.0 Å². The van der Waals surface area contributed by atoms with Crippen molar-refractivity contribution in [2.45, 2.75) is 6.04 Å². The molecule has 1 unspecified atom stereocenters. The molecule has 7 nitrogen and oxygen atoms in total. The van der Waals surface area contributed by atoms with Crippen molar-refractivity contribution in [3.63, 3.8) is 0 Å². The van der Waals surface area contributed by atoms with Gasteiger partial charge in [-0.15, -0.1) is 0 Å². The lowest BCUT2D eigenvalue weighted by molar-refractivity contribution is 0.243. The molecule has 122 valence electrons. The Labute approximate surface area is 135 Å². The molecule has 2 rings (SSSR count). The van der Waals surface area contributed by atoms with Gasteiger partial charge in [-0.3, -0.25) is 10.3 Å². The number of ether oxygens (including phenoxy) is 1. The van der Waals surface area contributed by atoms with Gasteiger partial charge in [0.1, 0.15) is 5.75 Å². The van der Waals surface area contributed by atoms with Crippen LogP contribution in [0, 0.1) is 0 Å². The summed E-state index contributed by atoms with van der Waals surface area (Å²) in [5.74, 6) is 1.22. The third-order valence-electron chi connectivity index (χ3n) is 3.38. The van der Waals surface area contributed by atoms with Crippen molar-refractivity contribution in [3.05, 3.63) is 48.4 Å². The number of carbonyl (C=O) groups excluding carboxylic acids is 1. The maximum Gasteiger partial charge on any atom is 0.320 e. The smallest absolute Gasteiger partial charge is 0.320 e. The Bertz CT molecular complexity index is 616. The summed E-state index contributed by atoms with van der Waals surface area (Å²) in [7, 11) is 5.57. The number of benzene rings is 1. The number of methoxy groups -OCH3 is 1. The molecule has 1 aromatic heterocycles. The Morgan fingerprint density at radius 1 is 1.26 bits per heavy atom. The Morgan fingerprint density at radius 3 is 2.57 bits per heavy atom. The van der Waals surface area contributed by atoms with Crippen molar-refractivity contribution in [3.8, 4) is 5.75 Å². The molecule has 2 aromatic rings. The molecule has 2 amide bonds. The first-order chi connectivity index (χ1) is 11.1. The summed E-state index contributed by atoms with van der Waals surface area (Å²) < 4.78 is 5.17. The van der Waals surface area contributed by atoms with Gasteiger partial charge in [0.15, 0.2) is 5.82 Å². The number of amides is 2. The van der Waals surface area contributed by atoms with Crippen molar-refractivity contribution in [1.82, 2.24) is 20.2 Å². The number of rotatable bonds is 6. The Kier molecular flexibility index (Phi) is 5.87. The molecule has 0 fully saturated rings. The Hall–Kier alpha value is -2.67. The van der Waals surface area contributed by atoms with Crippen LogP contribution in [-0.4, -0.2) is 48.6 Å². The number of hydrogen-bond donors (Lipinski definition) is 2. The summed E-state index contributed by atoms with van der Waals surface area (Å²) in [4.78, 5) is 21.9. The highest BCUT2D eigenvalue weighted by atomic mass is 16.5. The average molecular weight is 315 g/mol. The summed E-state index contributed by atoms with van der Waals surface area (Å²) in [5, 5.41) is 5.49. The highest BCUT2D eigenvalue weighted by Gasteiger charge is 2.15. The van der Waals surface area contributed by atoms with Crippen LogP contribution < -0.4 is 15.4 Å².